The van der Waals surface area contributed by atoms with Crippen LogP contribution in [0.15, 0.2) is 30.3 Å². The molecule has 4 aromatic rings. The van der Waals surface area contributed by atoms with Crippen LogP contribution in [0.4, 0.5) is 14.6 Å². The van der Waals surface area contributed by atoms with Crippen molar-refractivity contribution in [3.63, 3.8) is 0 Å². The first-order valence-electron chi connectivity index (χ1n) is 17.1. The highest BCUT2D eigenvalue weighted by atomic mass is 19.1. The number of phenols is 1. The topological polar surface area (TPSA) is 107 Å². The van der Waals surface area contributed by atoms with E-state index >= 15 is 4.39 Å². The van der Waals surface area contributed by atoms with Gasteiger partial charge in [0.1, 0.15) is 22.9 Å². The smallest absolute Gasteiger partial charge is 0.319 e. The van der Waals surface area contributed by atoms with Crippen LogP contribution in [0.3, 0.4) is 0 Å². The van der Waals surface area contributed by atoms with Crippen LogP contribution in [0.2, 0.25) is 0 Å². The van der Waals surface area contributed by atoms with Crippen LogP contribution >= 0.6 is 0 Å². The van der Waals surface area contributed by atoms with Gasteiger partial charge in [-0.1, -0.05) is 12.0 Å². The minimum atomic E-state index is -0.788. The SMILES string of the molecule is C#Cc1c(F)ccc2cc(O)cc(-c3c(C#N)cc4c(N5CC6CCC(C5)N6)nc(OCC5(CN6CCOC7(CC7)C6)CC5)nc4c3F)c12. The molecule has 3 saturated heterocycles. The number of halogens is 2. The maximum atomic E-state index is 17.2. The number of ether oxygens (including phenoxy) is 2. The second-order valence-corrected chi connectivity index (χ2v) is 14.7. The number of nitrogens with zero attached hydrogens (tertiary/aromatic N) is 5. The number of nitriles is 1. The molecular weight excluding hydrogens is 626 g/mol. The van der Waals surface area contributed by atoms with Crippen molar-refractivity contribution >= 4 is 27.5 Å². The van der Waals surface area contributed by atoms with Gasteiger partial charge in [-0.2, -0.15) is 15.2 Å². The summed E-state index contributed by atoms with van der Waals surface area (Å²) in [5, 5.41) is 25.7. The van der Waals surface area contributed by atoms with Crippen molar-refractivity contribution in [1.29, 1.82) is 5.26 Å². The number of hydrogen-bond donors (Lipinski definition) is 2. The average molecular weight is 663 g/mol. The van der Waals surface area contributed by atoms with Crippen molar-refractivity contribution in [2.75, 3.05) is 50.8 Å². The van der Waals surface area contributed by atoms with Crippen LogP contribution in [0.25, 0.3) is 32.8 Å². The molecule has 4 heterocycles. The van der Waals surface area contributed by atoms with Crippen LogP contribution < -0.4 is 15.0 Å². The van der Waals surface area contributed by atoms with Gasteiger partial charge >= 0.3 is 6.01 Å². The fourth-order valence-corrected chi connectivity index (χ4v) is 8.30. The number of aromatic hydroxyl groups is 1. The molecule has 2 unspecified atom stereocenters. The Morgan fingerprint density at radius 2 is 1.90 bits per heavy atom. The Balaban J connectivity index is 1.15. The third kappa shape index (κ3) is 5.32. The van der Waals surface area contributed by atoms with E-state index in [0.29, 0.717) is 36.3 Å². The molecule has 3 aliphatic heterocycles. The largest absolute Gasteiger partial charge is 0.508 e. The third-order valence-corrected chi connectivity index (χ3v) is 11.2. The van der Waals surface area contributed by atoms with E-state index in [1.807, 2.05) is 0 Å². The van der Waals surface area contributed by atoms with Crippen LogP contribution in [-0.4, -0.2) is 83.6 Å². The van der Waals surface area contributed by atoms with E-state index in [0.717, 1.165) is 64.8 Å². The molecule has 2 N–H and O–H groups in total. The molecule has 0 amide bonds. The lowest BCUT2D eigenvalue weighted by Gasteiger charge is -2.35. The van der Waals surface area contributed by atoms with Crippen molar-refractivity contribution in [1.82, 2.24) is 20.2 Å². The van der Waals surface area contributed by atoms with Gasteiger partial charge in [0.15, 0.2) is 5.82 Å². The van der Waals surface area contributed by atoms with E-state index in [2.05, 4.69) is 32.1 Å². The molecule has 2 atom stereocenters. The summed E-state index contributed by atoms with van der Waals surface area (Å²) in [6.07, 6.45) is 12.1. The molecule has 11 heteroatoms. The molecule has 2 saturated carbocycles. The first-order valence-corrected chi connectivity index (χ1v) is 17.1. The highest BCUT2D eigenvalue weighted by Gasteiger charge is 2.51. The number of phenolic OH excluding ortho intramolecular Hbond substituents is 1. The predicted octanol–water partition coefficient (Wildman–Crippen LogP) is 5.25. The molecule has 3 aromatic carbocycles. The third-order valence-electron chi connectivity index (χ3n) is 11.2. The summed E-state index contributed by atoms with van der Waals surface area (Å²) >= 11 is 0. The molecule has 5 fully saturated rings. The van der Waals surface area contributed by atoms with E-state index in [-0.39, 0.29) is 68.0 Å². The molecule has 0 radical (unpaired) electrons. The summed E-state index contributed by atoms with van der Waals surface area (Å²) in [5.41, 5.74) is -0.0853. The highest BCUT2D eigenvalue weighted by molar-refractivity contribution is 6.05. The van der Waals surface area contributed by atoms with Gasteiger partial charge in [-0.15, -0.1) is 6.42 Å². The summed E-state index contributed by atoms with van der Waals surface area (Å²) in [4.78, 5) is 14.2. The molecule has 5 aliphatic rings. The van der Waals surface area contributed by atoms with E-state index in [1.165, 1.54) is 24.3 Å². The highest BCUT2D eigenvalue weighted by Crippen LogP contribution is 2.49. The van der Waals surface area contributed by atoms with Crippen molar-refractivity contribution < 1.29 is 23.4 Å². The number of terminal acetylenes is 1. The lowest BCUT2D eigenvalue weighted by molar-refractivity contribution is -0.0532. The summed E-state index contributed by atoms with van der Waals surface area (Å²) in [6, 6.07) is 9.80. The summed E-state index contributed by atoms with van der Waals surface area (Å²) in [6.45, 7) is 5.26. The van der Waals surface area contributed by atoms with E-state index in [1.54, 1.807) is 6.07 Å². The molecular formula is C38H36F2N6O3. The van der Waals surface area contributed by atoms with Crippen LogP contribution in [0.5, 0.6) is 11.8 Å². The summed E-state index contributed by atoms with van der Waals surface area (Å²) in [7, 11) is 0. The number of hydrogen-bond acceptors (Lipinski definition) is 9. The average Bonchev–Trinajstić information content (AvgIpc) is 4.02. The lowest BCUT2D eigenvalue weighted by Crippen LogP contribution is -2.51. The monoisotopic (exact) mass is 662 g/mol. The first kappa shape index (κ1) is 30.5. The molecule has 49 heavy (non-hydrogen) atoms. The Morgan fingerprint density at radius 1 is 1.10 bits per heavy atom. The molecule has 9 nitrogen and oxygen atoms in total. The van der Waals surface area contributed by atoms with Gasteiger partial charge in [0.2, 0.25) is 0 Å². The quantitative estimate of drug-likeness (QED) is 0.257. The molecule has 2 bridgehead atoms. The number of piperazine rings is 1. The van der Waals surface area contributed by atoms with Gasteiger partial charge in [0.05, 0.1) is 36.0 Å². The molecule has 2 aliphatic carbocycles. The standard InChI is InChI=1S/C38H36F2N6O3/c1-2-27-30(39)6-3-22-13-26(47)15-28(31(22)27)32-23(16-41)14-29-34(33(32)40)43-36(44-35(29)46-17-24-4-5-25(18-46)42-24)48-21-37(7-8-37)19-45-11-12-49-38(20-45)9-10-38/h1,3,6,13-15,24-25,42,47H,4-5,7-12,17-21H2. The van der Waals surface area contributed by atoms with Crippen LogP contribution in [0, 0.1) is 40.7 Å². The van der Waals surface area contributed by atoms with Gasteiger partial charge in [0.25, 0.3) is 0 Å². The van der Waals surface area contributed by atoms with Crippen molar-refractivity contribution in [3.8, 4) is 41.3 Å². The zero-order valence-corrected chi connectivity index (χ0v) is 27.1. The number of benzene rings is 3. The van der Waals surface area contributed by atoms with Crippen molar-refractivity contribution in [3.05, 3.63) is 53.1 Å². The summed E-state index contributed by atoms with van der Waals surface area (Å²) < 4.78 is 44.6. The van der Waals surface area contributed by atoms with Crippen molar-refractivity contribution in [2.45, 2.75) is 56.2 Å². The van der Waals surface area contributed by atoms with E-state index in [4.69, 9.17) is 20.9 Å². The summed E-state index contributed by atoms with van der Waals surface area (Å²) in [5.74, 6) is 1.28. The van der Waals surface area contributed by atoms with Gasteiger partial charge in [-0.25, -0.2) is 8.78 Å². The Hall–Kier alpha value is -4.55. The number of anilines is 1. The van der Waals surface area contributed by atoms with Gasteiger partial charge in [-0.3, -0.25) is 4.90 Å². The van der Waals surface area contributed by atoms with E-state index in [9.17, 15) is 14.8 Å². The molecule has 1 spiro atoms. The van der Waals surface area contributed by atoms with Crippen molar-refractivity contribution in [2.24, 2.45) is 5.41 Å². The minimum absolute atomic E-state index is 0.00311. The predicted molar refractivity (Wildman–Crippen MR) is 180 cm³/mol. The maximum Gasteiger partial charge on any atom is 0.319 e. The Labute approximate surface area is 282 Å². The number of nitrogens with one attached hydrogen (secondary N) is 1. The first-order chi connectivity index (χ1) is 23.8. The van der Waals surface area contributed by atoms with E-state index < -0.39 is 11.6 Å². The van der Waals surface area contributed by atoms with Gasteiger partial charge in [-0.05, 0) is 73.7 Å². The minimum Gasteiger partial charge on any atom is -0.508 e. The molecule has 250 valence electrons. The zero-order valence-electron chi connectivity index (χ0n) is 27.1. The fourth-order valence-electron chi connectivity index (χ4n) is 8.30. The number of fused-ring (bicyclic) bond motifs is 4. The lowest BCUT2D eigenvalue weighted by atomic mass is 9.90. The normalized spacial score (nSPS) is 23.5. The van der Waals surface area contributed by atoms with Gasteiger partial charge in [0, 0.05) is 66.6 Å². The number of aromatic nitrogens is 2. The second kappa shape index (κ2) is 11.2. The Bertz CT molecular complexity index is 2110. The fraction of sp³-hybridized carbons (Fsp3) is 0.447. The zero-order chi connectivity index (χ0) is 33.5. The van der Waals surface area contributed by atoms with Crippen LogP contribution in [-0.2, 0) is 4.74 Å². The van der Waals surface area contributed by atoms with Gasteiger partial charge < -0.3 is 24.8 Å². The second-order valence-electron chi connectivity index (χ2n) is 14.7. The number of rotatable bonds is 7. The molecule has 9 rings (SSSR count). The molecule has 1 aromatic heterocycles. The Kier molecular flexibility index (Phi) is 7.00. The Morgan fingerprint density at radius 3 is 2.61 bits per heavy atom. The number of morpholine rings is 1. The van der Waals surface area contributed by atoms with Crippen LogP contribution in [0.1, 0.15) is 49.7 Å². The maximum absolute atomic E-state index is 17.2.